The molecule has 2 atom stereocenters. The molecule has 27 heavy (non-hydrogen) atoms. The van der Waals surface area contributed by atoms with Crippen LogP contribution in [0, 0.1) is 0 Å². The number of carbonyl (C=O) groups excluding carboxylic acids is 2. The minimum atomic E-state index is -0.503. The summed E-state index contributed by atoms with van der Waals surface area (Å²) in [5.41, 5.74) is 6.82. The summed E-state index contributed by atoms with van der Waals surface area (Å²) in [6.07, 6.45) is 0.818. The monoisotopic (exact) mass is 378 g/mol. The van der Waals surface area contributed by atoms with Gasteiger partial charge < -0.3 is 25.4 Å². The Balaban J connectivity index is 2.06. The van der Waals surface area contributed by atoms with E-state index in [-0.39, 0.29) is 18.1 Å². The first-order valence-corrected chi connectivity index (χ1v) is 9.06. The first kappa shape index (κ1) is 21.0. The average molecular weight is 378 g/mol. The fourth-order valence-corrected chi connectivity index (χ4v) is 3.53. The van der Waals surface area contributed by atoms with Gasteiger partial charge in [0.05, 0.1) is 18.8 Å². The summed E-state index contributed by atoms with van der Waals surface area (Å²) in [7, 11) is 6.68. The van der Waals surface area contributed by atoms with Gasteiger partial charge in [-0.1, -0.05) is 12.1 Å². The number of piperidine rings is 1. The number of primary amides is 1. The van der Waals surface area contributed by atoms with Crippen molar-refractivity contribution in [3.8, 4) is 5.75 Å². The minimum Gasteiger partial charge on any atom is -0.496 e. The molecule has 8 heteroatoms. The molecule has 8 nitrogen and oxygen atoms in total. The number of nitrogens with one attached hydrogen (secondary N) is 1. The van der Waals surface area contributed by atoms with Gasteiger partial charge >= 0.3 is 6.03 Å². The topological polar surface area (TPSA) is 97.1 Å². The molecule has 2 rings (SSSR count). The quantitative estimate of drug-likeness (QED) is 0.734. The smallest absolute Gasteiger partial charge is 0.316 e. The lowest BCUT2D eigenvalue weighted by molar-refractivity contribution is 0.0145. The van der Waals surface area contributed by atoms with E-state index in [1.807, 2.05) is 12.1 Å². The Kier molecular flexibility index (Phi) is 7.44. The van der Waals surface area contributed by atoms with E-state index in [9.17, 15) is 9.59 Å². The molecule has 1 aliphatic heterocycles. The van der Waals surface area contributed by atoms with Crippen molar-refractivity contribution in [2.24, 2.45) is 5.73 Å². The van der Waals surface area contributed by atoms with Gasteiger partial charge in [0.25, 0.3) is 5.91 Å². The van der Waals surface area contributed by atoms with Crippen molar-refractivity contribution in [1.29, 1.82) is 0 Å². The molecule has 0 bridgehead atoms. The van der Waals surface area contributed by atoms with Gasteiger partial charge in [-0.3, -0.25) is 9.69 Å². The Morgan fingerprint density at radius 3 is 2.67 bits per heavy atom. The van der Waals surface area contributed by atoms with Gasteiger partial charge in [-0.05, 0) is 19.0 Å². The Morgan fingerprint density at radius 1 is 1.33 bits per heavy atom. The minimum absolute atomic E-state index is 0.0414. The fraction of sp³-hybridized carbons (Fsp3) is 0.579. The van der Waals surface area contributed by atoms with E-state index in [0.29, 0.717) is 17.9 Å². The van der Waals surface area contributed by atoms with Crippen LogP contribution in [0.2, 0.25) is 0 Å². The molecule has 150 valence electrons. The summed E-state index contributed by atoms with van der Waals surface area (Å²) < 4.78 is 11.2. The molecule has 0 radical (unpaired) electrons. The maximum Gasteiger partial charge on any atom is 0.316 e. The van der Waals surface area contributed by atoms with E-state index in [0.717, 1.165) is 31.6 Å². The maximum atomic E-state index is 11.7. The Morgan fingerprint density at radius 2 is 2.07 bits per heavy atom. The van der Waals surface area contributed by atoms with Crippen LogP contribution in [0.15, 0.2) is 18.2 Å². The predicted molar refractivity (Wildman–Crippen MR) is 103 cm³/mol. The summed E-state index contributed by atoms with van der Waals surface area (Å²) in [6, 6.07) is 5.37. The number of para-hydroxylation sites is 1. The van der Waals surface area contributed by atoms with Crippen molar-refractivity contribution >= 4 is 11.9 Å². The number of hydrogen-bond donors (Lipinski definition) is 2. The highest BCUT2D eigenvalue weighted by Crippen LogP contribution is 2.37. The number of hydrogen-bond acceptors (Lipinski definition) is 5. The zero-order chi connectivity index (χ0) is 20.0. The number of amides is 3. The van der Waals surface area contributed by atoms with Crippen molar-refractivity contribution in [2.75, 3.05) is 54.5 Å². The average Bonchev–Trinajstić information content (AvgIpc) is 2.66. The first-order chi connectivity index (χ1) is 12.9. The second kappa shape index (κ2) is 9.57. The number of carbonyl (C=O) groups is 2. The molecule has 0 spiro atoms. The van der Waals surface area contributed by atoms with Crippen molar-refractivity contribution in [2.45, 2.75) is 18.4 Å². The lowest BCUT2D eigenvalue weighted by Gasteiger charge is -2.38. The SMILES string of the molecule is COc1c(C(N)=O)cccc1C1CCN(CCNC(=O)N(C)C)CC1OC. The van der Waals surface area contributed by atoms with Crippen molar-refractivity contribution in [3.05, 3.63) is 29.3 Å². The van der Waals surface area contributed by atoms with Crippen LogP contribution in [-0.2, 0) is 4.74 Å². The molecule has 0 saturated carbocycles. The molecule has 0 aromatic heterocycles. The molecule has 3 amide bonds. The van der Waals surface area contributed by atoms with Gasteiger partial charge in [0.15, 0.2) is 0 Å². The number of methoxy groups -OCH3 is 2. The van der Waals surface area contributed by atoms with Crippen LogP contribution >= 0.6 is 0 Å². The lowest BCUT2D eigenvalue weighted by atomic mass is 9.85. The summed E-state index contributed by atoms with van der Waals surface area (Å²) >= 11 is 0. The second-order valence-electron chi connectivity index (χ2n) is 6.89. The number of rotatable bonds is 7. The third-order valence-corrected chi connectivity index (χ3v) is 4.97. The maximum absolute atomic E-state index is 11.7. The lowest BCUT2D eigenvalue weighted by Crippen LogP contribution is -2.47. The van der Waals surface area contributed by atoms with Crippen molar-refractivity contribution < 1.29 is 19.1 Å². The predicted octanol–water partition coefficient (Wildman–Crippen LogP) is 0.870. The summed E-state index contributed by atoms with van der Waals surface area (Å²) in [5, 5.41) is 2.88. The molecule has 1 fully saturated rings. The zero-order valence-corrected chi connectivity index (χ0v) is 16.5. The van der Waals surface area contributed by atoms with Crippen molar-refractivity contribution in [3.63, 3.8) is 0 Å². The molecule has 2 unspecified atom stereocenters. The molecule has 1 heterocycles. The molecular weight excluding hydrogens is 348 g/mol. The third-order valence-electron chi connectivity index (χ3n) is 4.97. The van der Waals surface area contributed by atoms with Crippen LogP contribution in [0.4, 0.5) is 4.79 Å². The molecule has 1 aromatic rings. The molecule has 1 aromatic carbocycles. The normalized spacial score (nSPS) is 20.1. The van der Waals surface area contributed by atoms with E-state index in [1.54, 1.807) is 34.4 Å². The largest absolute Gasteiger partial charge is 0.496 e. The van der Waals surface area contributed by atoms with Gasteiger partial charge in [0.2, 0.25) is 0 Å². The third kappa shape index (κ3) is 5.11. The summed E-state index contributed by atoms with van der Waals surface area (Å²) in [6.45, 7) is 2.94. The van der Waals surface area contributed by atoms with Gasteiger partial charge in [0, 0.05) is 52.3 Å². The molecule has 1 saturated heterocycles. The Hall–Kier alpha value is -2.32. The second-order valence-corrected chi connectivity index (χ2v) is 6.89. The highest BCUT2D eigenvalue weighted by Gasteiger charge is 2.33. The standard InChI is InChI=1S/C19H30N4O4/c1-22(2)19(25)21-9-11-23-10-8-13(16(12-23)26-3)14-6-5-7-15(18(20)24)17(14)27-4/h5-7,13,16H,8-12H2,1-4H3,(H2,20,24)(H,21,25). The summed E-state index contributed by atoms with van der Waals surface area (Å²) in [5.74, 6) is 0.136. The molecule has 3 N–H and O–H groups in total. The van der Waals surface area contributed by atoms with Crippen LogP contribution in [0.5, 0.6) is 5.75 Å². The number of nitrogens with two attached hydrogens (primary N) is 1. The summed E-state index contributed by atoms with van der Waals surface area (Å²) in [4.78, 5) is 27.1. The van der Waals surface area contributed by atoms with Crippen LogP contribution in [0.1, 0.15) is 28.3 Å². The van der Waals surface area contributed by atoms with Gasteiger partial charge in [-0.25, -0.2) is 4.79 Å². The molecule has 0 aliphatic carbocycles. The zero-order valence-electron chi connectivity index (χ0n) is 16.5. The van der Waals surface area contributed by atoms with E-state index >= 15 is 0 Å². The van der Waals surface area contributed by atoms with Gasteiger partial charge in [-0.2, -0.15) is 0 Å². The number of benzene rings is 1. The van der Waals surface area contributed by atoms with Crippen LogP contribution in [-0.4, -0.2) is 82.3 Å². The highest BCUT2D eigenvalue weighted by atomic mass is 16.5. The van der Waals surface area contributed by atoms with Gasteiger partial charge in [-0.15, -0.1) is 0 Å². The van der Waals surface area contributed by atoms with E-state index in [2.05, 4.69) is 10.2 Å². The fourth-order valence-electron chi connectivity index (χ4n) is 3.53. The van der Waals surface area contributed by atoms with E-state index in [1.165, 1.54) is 4.90 Å². The Labute approximate surface area is 160 Å². The van der Waals surface area contributed by atoms with Crippen LogP contribution in [0.25, 0.3) is 0 Å². The number of ether oxygens (including phenoxy) is 2. The molecular formula is C19H30N4O4. The van der Waals surface area contributed by atoms with Crippen molar-refractivity contribution in [1.82, 2.24) is 15.1 Å². The number of urea groups is 1. The number of likely N-dealkylation sites (tertiary alicyclic amines) is 1. The van der Waals surface area contributed by atoms with E-state index in [4.69, 9.17) is 15.2 Å². The van der Waals surface area contributed by atoms with Gasteiger partial charge in [0.1, 0.15) is 5.75 Å². The highest BCUT2D eigenvalue weighted by molar-refractivity contribution is 5.96. The van der Waals surface area contributed by atoms with Crippen LogP contribution in [0.3, 0.4) is 0 Å². The Bertz CT molecular complexity index is 665. The van der Waals surface area contributed by atoms with E-state index < -0.39 is 5.91 Å². The van der Waals surface area contributed by atoms with Crippen LogP contribution < -0.4 is 15.8 Å². The number of nitrogens with zero attached hydrogens (tertiary/aromatic N) is 2. The molecule has 1 aliphatic rings. The first-order valence-electron chi connectivity index (χ1n) is 9.06.